The van der Waals surface area contributed by atoms with Crippen LogP contribution in [0.4, 0.5) is 5.82 Å². The van der Waals surface area contributed by atoms with Crippen molar-refractivity contribution in [3.8, 4) is 11.4 Å². The zero-order valence-electron chi connectivity index (χ0n) is 21.7. The zero-order valence-corrected chi connectivity index (χ0v) is 21.7. The molecule has 0 unspecified atom stereocenters. The first kappa shape index (κ1) is 24.0. The van der Waals surface area contributed by atoms with E-state index in [0.717, 1.165) is 79.2 Å². The Morgan fingerprint density at radius 2 is 1.74 bits per heavy atom. The molecule has 188 valence electrons. The molecule has 5 rings (SSSR count). The summed E-state index contributed by atoms with van der Waals surface area (Å²) in [6, 6.07) is 0.664. The third kappa shape index (κ3) is 4.87. The number of piperidine rings is 1. The Labute approximate surface area is 207 Å². The normalized spacial score (nSPS) is 18.2. The molecule has 2 saturated heterocycles. The van der Waals surface area contributed by atoms with E-state index < -0.39 is 0 Å². The maximum absolute atomic E-state index is 5.62. The van der Waals surface area contributed by atoms with Gasteiger partial charge in [0.25, 0.3) is 0 Å². The number of fused-ring (bicyclic) bond motifs is 1. The predicted molar refractivity (Wildman–Crippen MR) is 137 cm³/mol. The third-order valence-corrected chi connectivity index (χ3v) is 7.28. The van der Waals surface area contributed by atoms with Crippen LogP contribution < -0.4 is 4.90 Å². The summed E-state index contributed by atoms with van der Waals surface area (Å²) in [7, 11) is 4.36. The Hall–Kier alpha value is -2.69. The molecule has 2 aliphatic heterocycles. The molecule has 0 aliphatic carbocycles. The highest BCUT2D eigenvalue weighted by Crippen LogP contribution is 2.30. The van der Waals surface area contributed by atoms with Crippen molar-refractivity contribution in [3.63, 3.8) is 0 Å². The minimum atomic E-state index is 0.657. The summed E-state index contributed by atoms with van der Waals surface area (Å²) in [6.45, 7) is 12.8. The van der Waals surface area contributed by atoms with Gasteiger partial charge in [0.05, 0.1) is 31.0 Å². The van der Waals surface area contributed by atoms with E-state index in [1.807, 2.05) is 20.0 Å². The number of ether oxygens (including phenoxy) is 1. The Kier molecular flexibility index (Phi) is 6.95. The molecule has 0 atom stereocenters. The van der Waals surface area contributed by atoms with Crippen LogP contribution in [0.2, 0.25) is 0 Å². The summed E-state index contributed by atoms with van der Waals surface area (Å²) in [4.78, 5) is 31.4. The van der Waals surface area contributed by atoms with Gasteiger partial charge in [0.1, 0.15) is 11.6 Å². The lowest BCUT2D eigenvalue weighted by molar-refractivity contribution is 0.122. The topological polar surface area (TPSA) is 88.3 Å². The van der Waals surface area contributed by atoms with Crippen molar-refractivity contribution >= 4 is 17.0 Å². The van der Waals surface area contributed by atoms with Gasteiger partial charge in [0.2, 0.25) is 0 Å². The van der Waals surface area contributed by atoms with Crippen LogP contribution in [0, 0.1) is 13.8 Å². The number of aromatic nitrogens is 6. The Bertz CT molecular complexity index is 1180. The van der Waals surface area contributed by atoms with E-state index in [1.165, 1.54) is 12.8 Å². The molecule has 0 bridgehead atoms. The summed E-state index contributed by atoms with van der Waals surface area (Å²) in [5, 5.41) is 0. The van der Waals surface area contributed by atoms with E-state index in [-0.39, 0.29) is 0 Å². The van der Waals surface area contributed by atoms with Gasteiger partial charge in [0, 0.05) is 45.0 Å². The molecule has 2 fully saturated rings. The lowest BCUT2D eigenvalue weighted by atomic mass is 10.0. The SMILES string of the molecule is CCn1c(CN2CCC(N(C)C)CC2)nc2c(N3CCOCC3)nc(-c3cnc(C)nc3C)nc21. The largest absolute Gasteiger partial charge is 0.378 e. The van der Waals surface area contributed by atoms with Crippen LogP contribution in [0.15, 0.2) is 6.20 Å². The second kappa shape index (κ2) is 10.1. The Morgan fingerprint density at radius 1 is 1.00 bits per heavy atom. The molecule has 5 heterocycles. The maximum atomic E-state index is 5.62. The summed E-state index contributed by atoms with van der Waals surface area (Å²) in [6.07, 6.45) is 4.22. The van der Waals surface area contributed by atoms with Crippen molar-refractivity contribution in [2.45, 2.75) is 52.7 Å². The number of hydrogen-bond donors (Lipinski definition) is 0. The quantitative estimate of drug-likeness (QED) is 0.528. The predicted octanol–water partition coefficient (Wildman–Crippen LogP) is 2.28. The first-order valence-electron chi connectivity index (χ1n) is 12.7. The Balaban J connectivity index is 1.56. The van der Waals surface area contributed by atoms with Crippen LogP contribution in [0.1, 0.15) is 37.1 Å². The number of imidazole rings is 1. The monoisotopic (exact) mass is 479 g/mol. The molecule has 3 aromatic heterocycles. The number of aryl methyl sites for hydroxylation is 3. The summed E-state index contributed by atoms with van der Waals surface area (Å²) < 4.78 is 7.87. The van der Waals surface area contributed by atoms with Crippen molar-refractivity contribution in [2.75, 3.05) is 58.4 Å². The molecule has 10 nitrogen and oxygen atoms in total. The second-order valence-corrected chi connectivity index (χ2v) is 9.80. The summed E-state index contributed by atoms with van der Waals surface area (Å²) >= 11 is 0. The van der Waals surface area contributed by atoms with Crippen molar-refractivity contribution in [2.24, 2.45) is 0 Å². The van der Waals surface area contributed by atoms with Gasteiger partial charge in [-0.3, -0.25) is 4.90 Å². The highest BCUT2D eigenvalue weighted by molar-refractivity contribution is 5.86. The number of morpholine rings is 1. The molecule has 3 aromatic rings. The van der Waals surface area contributed by atoms with E-state index in [2.05, 4.69) is 50.3 Å². The van der Waals surface area contributed by atoms with E-state index in [9.17, 15) is 0 Å². The smallest absolute Gasteiger partial charge is 0.167 e. The average Bonchev–Trinajstić information content (AvgIpc) is 3.21. The van der Waals surface area contributed by atoms with Gasteiger partial charge in [-0.25, -0.2) is 24.9 Å². The van der Waals surface area contributed by atoms with Crippen molar-refractivity contribution in [3.05, 3.63) is 23.5 Å². The maximum Gasteiger partial charge on any atom is 0.167 e. The van der Waals surface area contributed by atoms with Gasteiger partial charge in [-0.1, -0.05) is 0 Å². The number of likely N-dealkylation sites (tertiary alicyclic amines) is 1. The summed E-state index contributed by atoms with van der Waals surface area (Å²) in [5.74, 6) is 3.35. The molecule has 0 radical (unpaired) electrons. The molecule has 35 heavy (non-hydrogen) atoms. The number of nitrogens with zero attached hydrogens (tertiary/aromatic N) is 9. The van der Waals surface area contributed by atoms with E-state index in [1.54, 1.807) is 0 Å². The molecule has 0 amide bonds. The van der Waals surface area contributed by atoms with Crippen molar-refractivity contribution < 1.29 is 4.74 Å². The van der Waals surface area contributed by atoms with Gasteiger partial charge >= 0.3 is 0 Å². The molecule has 0 N–H and O–H groups in total. The molecular weight excluding hydrogens is 442 g/mol. The van der Waals surface area contributed by atoms with Gasteiger partial charge in [0.15, 0.2) is 22.8 Å². The van der Waals surface area contributed by atoms with E-state index >= 15 is 0 Å². The highest BCUT2D eigenvalue weighted by Gasteiger charge is 2.26. The van der Waals surface area contributed by atoms with Crippen LogP contribution in [-0.4, -0.2) is 98.8 Å². The molecule has 10 heteroatoms. The summed E-state index contributed by atoms with van der Waals surface area (Å²) in [5.41, 5.74) is 3.51. The van der Waals surface area contributed by atoms with E-state index in [4.69, 9.17) is 19.7 Å². The van der Waals surface area contributed by atoms with E-state index in [0.29, 0.717) is 25.1 Å². The standard InChI is InChI=1S/C25H37N9O/c1-6-34-21(16-32-9-7-19(8-10-32)31(4)5)28-22-24(33-11-13-35-14-12-33)29-23(30-25(22)34)20-15-26-18(3)27-17(20)2/h15,19H,6-14,16H2,1-5H3. The molecular formula is C25H37N9O. The van der Waals surface area contributed by atoms with Crippen LogP contribution in [0.5, 0.6) is 0 Å². The second-order valence-electron chi connectivity index (χ2n) is 9.80. The van der Waals surface area contributed by atoms with Crippen LogP contribution in [0.25, 0.3) is 22.6 Å². The number of rotatable bonds is 6. The average molecular weight is 480 g/mol. The molecule has 0 aromatic carbocycles. The lowest BCUT2D eigenvalue weighted by Crippen LogP contribution is -2.41. The highest BCUT2D eigenvalue weighted by atomic mass is 16.5. The number of hydrogen-bond acceptors (Lipinski definition) is 9. The minimum Gasteiger partial charge on any atom is -0.378 e. The number of anilines is 1. The van der Waals surface area contributed by atoms with Gasteiger partial charge < -0.3 is 19.1 Å². The van der Waals surface area contributed by atoms with Crippen molar-refractivity contribution in [1.82, 2.24) is 39.3 Å². The van der Waals surface area contributed by atoms with Gasteiger partial charge in [-0.15, -0.1) is 0 Å². The first-order chi connectivity index (χ1) is 16.9. The van der Waals surface area contributed by atoms with Gasteiger partial charge in [-0.05, 0) is 47.7 Å². The fourth-order valence-electron chi connectivity index (χ4n) is 5.20. The lowest BCUT2D eigenvalue weighted by Gasteiger charge is -2.34. The van der Waals surface area contributed by atoms with Crippen LogP contribution >= 0.6 is 0 Å². The van der Waals surface area contributed by atoms with Crippen LogP contribution in [-0.2, 0) is 17.8 Å². The van der Waals surface area contributed by atoms with Crippen molar-refractivity contribution in [1.29, 1.82) is 0 Å². The van der Waals surface area contributed by atoms with Crippen LogP contribution in [0.3, 0.4) is 0 Å². The molecule has 0 saturated carbocycles. The fourth-order valence-corrected chi connectivity index (χ4v) is 5.20. The molecule has 0 spiro atoms. The molecule has 2 aliphatic rings. The minimum absolute atomic E-state index is 0.657. The zero-order chi connectivity index (χ0) is 24.5. The third-order valence-electron chi connectivity index (χ3n) is 7.28. The fraction of sp³-hybridized carbons (Fsp3) is 0.640. The Morgan fingerprint density at radius 3 is 2.40 bits per heavy atom. The van der Waals surface area contributed by atoms with Gasteiger partial charge in [-0.2, -0.15) is 0 Å². The first-order valence-corrected chi connectivity index (χ1v) is 12.7.